The van der Waals surface area contributed by atoms with E-state index in [1.165, 1.54) is 14.7 Å². The Bertz CT molecular complexity index is 1250. The molecule has 0 saturated carbocycles. The van der Waals surface area contributed by atoms with Gasteiger partial charge < -0.3 is 20.8 Å². The quantitative estimate of drug-likeness (QED) is 0.268. The molecule has 4 N–H and O–H groups in total. The summed E-state index contributed by atoms with van der Waals surface area (Å²) in [5, 5.41) is 30.6. The van der Waals surface area contributed by atoms with Gasteiger partial charge in [-0.1, -0.05) is 27.7 Å². The van der Waals surface area contributed by atoms with Crippen molar-refractivity contribution in [1.29, 1.82) is 0 Å². The predicted octanol–water partition coefficient (Wildman–Crippen LogP) is 5.19. The Morgan fingerprint density at radius 1 is 1.17 bits per heavy atom. The van der Waals surface area contributed by atoms with Crippen molar-refractivity contribution in [3.63, 3.8) is 0 Å². The predicted molar refractivity (Wildman–Crippen MR) is 143 cm³/mol. The third-order valence-electron chi connectivity index (χ3n) is 6.12. The van der Waals surface area contributed by atoms with Crippen molar-refractivity contribution in [2.45, 2.75) is 62.7 Å². The van der Waals surface area contributed by atoms with Gasteiger partial charge in [0.2, 0.25) is 0 Å². The zero-order chi connectivity index (χ0) is 25.3. The molecule has 0 aliphatic carbocycles. The third kappa shape index (κ3) is 5.35. The first-order valence-corrected chi connectivity index (χ1v) is 15.4. The summed E-state index contributed by atoms with van der Waals surface area (Å²) in [6.07, 6.45) is 1.29. The zero-order valence-corrected chi connectivity index (χ0v) is 23.3. The van der Waals surface area contributed by atoms with Gasteiger partial charge in [-0.25, -0.2) is 8.42 Å². The SMILES string of the molecule is CC(C)c1csc([C@H](Nc2nsnc2Nc2csc(S(=O)(=O)N3CCCC3CO)c2O)C(C)C)c1. The summed E-state index contributed by atoms with van der Waals surface area (Å²) in [4.78, 5) is 1.21. The molecule has 2 atom stereocenters. The lowest BCUT2D eigenvalue weighted by molar-refractivity contribution is 0.213. The van der Waals surface area contributed by atoms with E-state index in [2.05, 4.69) is 58.5 Å². The number of anilines is 3. The molecule has 3 aromatic rings. The lowest BCUT2D eigenvalue weighted by atomic mass is 10.00. The molecule has 1 aliphatic rings. The number of hydrogen-bond donors (Lipinski definition) is 4. The Morgan fingerprint density at radius 3 is 2.57 bits per heavy atom. The van der Waals surface area contributed by atoms with Crippen molar-refractivity contribution >= 4 is 61.7 Å². The number of aromatic hydroxyl groups is 1. The molecule has 0 amide bonds. The average Bonchev–Trinajstić information content (AvgIpc) is 3.60. The summed E-state index contributed by atoms with van der Waals surface area (Å²) in [6, 6.07) is 1.78. The lowest BCUT2D eigenvalue weighted by Gasteiger charge is -2.22. The van der Waals surface area contributed by atoms with Crippen molar-refractivity contribution in [3.05, 3.63) is 27.3 Å². The number of hydrogen-bond acceptors (Lipinski definition) is 11. The van der Waals surface area contributed by atoms with Gasteiger partial charge in [-0.05, 0) is 41.7 Å². The molecule has 3 aromatic heterocycles. The van der Waals surface area contributed by atoms with Gasteiger partial charge in [0.25, 0.3) is 10.0 Å². The van der Waals surface area contributed by atoms with Gasteiger partial charge in [0, 0.05) is 22.8 Å². The van der Waals surface area contributed by atoms with E-state index >= 15 is 0 Å². The summed E-state index contributed by atoms with van der Waals surface area (Å²) in [6.45, 7) is 8.71. The Balaban J connectivity index is 1.55. The van der Waals surface area contributed by atoms with Gasteiger partial charge in [0.1, 0.15) is 0 Å². The fourth-order valence-electron chi connectivity index (χ4n) is 4.06. The maximum absolute atomic E-state index is 13.1. The minimum atomic E-state index is -3.92. The molecular weight excluding hydrogens is 527 g/mol. The van der Waals surface area contributed by atoms with Gasteiger partial charge >= 0.3 is 0 Å². The molecule has 1 saturated heterocycles. The van der Waals surface area contributed by atoms with Crippen molar-refractivity contribution in [2.24, 2.45) is 5.92 Å². The van der Waals surface area contributed by atoms with Crippen LogP contribution in [0.1, 0.15) is 62.9 Å². The van der Waals surface area contributed by atoms with Crippen LogP contribution in [0.4, 0.5) is 17.3 Å². The normalized spacial score (nSPS) is 18.0. The van der Waals surface area contributed by atoms with Crippen molar-refractivity contribution in [3.8, 4) is 5.75 Å². The fraction of sp³-hybridized carbons (Fsp3) is 0.545. The summed E-state index contributed by atoms with van der Waals surface area (Å²) >= 11 is 3.69. The first kappa shape index (κ1) is 26.3. The van der Waals surface area contributed by atoms with Crippen molar-refractivity contribution < 1.29 is 18.6 Å². The van der Waals surface area contributed by atoms with Crippen LogP contribution in [0.25, 0.3) is 0 Å². The molecule has 1 unspecified atom stereocenters. The second-order valence-electron chi connectivity index (χ2n) is 9.27. The number of aliphatic hydroxyl groups is 1. The number of sulfonamides is 1. The first-order valence-electron chi connectivity index (χ1n) is 11.5. The Kier molecular flexibility index (Phi) is 8.03. The molecule has 4 rings (SSSR count). The maximum atomic E-state index is 13.1. The topological polar surface area (TPSA) is 128 Å². The maximum Gasteiger partial charge on any atom is 0.256 e. The summed E-state index contributed by atoms with van der Waals surface area (Å²) in [5.74, 6) is 1.36. The van der Waals surface area contributed by atoms with E-state index in [-0.39, 0.29) is 34.2 Å². The van der Waals surface area contributed by atoms with E-state index < -0.39 is 16.1 Å². The highest BCUT2D eigenvalue weighted by Crippen LogP contribution is 2.43. The number of aromatic nitrogens is 2. The largest absolute Gasteiger partial charge is 0.504 e. The molecule has 0 spiro atoms. The van der Waals surface area contributed by atoms with E-state index in [4.69, 9.17) is 0 Å². The smallest absolute Gasteiger partial charge is 0.256 e. The standard InChI is InChI=1S/C22H31N5O4S4/c1-12(2)14-8-17(32-10-14)18(13(3)4)24-21-20(25-34-26-21)23-16-11-33-22(19(16)29)35(30,31)27-7-5-6-15(27)9-28/h8,10-13,15,18,28-29H,5-7,9H2,1-4H3,(H,23,25)(H,24,26)/t15?,18-/m1/s1. The second-order valence-corrected chi connectivity index (χ2v) is 13.7. The molecule has 35 heavy (non-hydrogen) atoms. The van der Waals surface area contributed by atoms with Crippen LogP contribution >= 0.6 is 34.4 Å². The van der Waals surface area contributed by atoms with Crippen LogP contribution in [0.2, 0.25) is 0 Å². The Labute approximate surface area is 218 Å². The highest BCUT2D eigenvalue weighted by Gasteiger charge is 2.38. The number of rotatable bonds is 10. The molecule has 9 nitrogen and oxygen atoms in total. The van der Waals surface area contributed by atoms with Crippen LogP contribution in [0, 0.1) is 5.92 Å². The van der Waals surface area contributed by atoms with E-state index in [0.29, 0.717) is 36.9 Å². The summed E-state index contributed by atoms with van der Waals surface area (Å²) in [5.41, 5.74) is 1.55. The van der Waals surface area contributed by atoms with Gasteiger partial charge in [-0.15, -0.1) is 22.7 Å². The van der Waals surface area contributed by atoms with E-state index in [9.17, 15) is 18.6 Å². The van der Waals surface area contributed by atoms with Crippen molar-refractivity contribution in [1.82, 2.24) is 13.1 Å². The number of thiophene rings is 2. The monoisotopic (exact) mass is 557 g/mol. The number of aliphatic hydroxyl groups excluding tert-OH is 1. The van der Waals surface area contributed by atoms with Crippen LogP contribution in [0.3, 0.4) is 0 Å². The molecule has 1 fully saturated rings. The Morgan fingerprint density at radius 2 is 1.91 bits per heavy atom. The highest BCUT2D eigenvalue weighted by atomic mass is 32.2. The minimum Gasteiger partial charge on any atom is -0.504 e. The van der Waals surface area contributed by atoms with Crippen LogP contribution in [0.15, 0.2) is 21.0 Å². The fourth-order valence-corrected chi connectivity index (χ4v) is 8.87. The van der Waals surface area contributed by atoms with Crippen molar-refractivity contribution in [2.75, 3.05) is 23.8 Å². The second kappa shape index (κ2) is 10.7. The molecule has 4 heterocycles. The minimum absolute atomic E-state index is 0.0227. The molecule has 13 heteroatoms. The molecule has 0 bridgehead atoms. The molecule has 1 aliphatic heterocycles. The third-order valence-corrected chi connectivity index (χ3v) is 11.1. The van der Waals surface area contributed by atoms with E-state index in [0.717, 1.165) is 23.1 Å². The van der Waals surface area contributed by atoms with E-state index in [1.807, 2.05) is 0 Å². The summed E-state index contributed by atoms with van der Waals surface area (Å²) < 4.78 is 36.1. The van der Waals surface area contributed by atoms with Crippen LogP contribution in [0.5, 0.6) is 5.75 Å². The van der Waals surface area contributed by atoms with Gasteiger partial charge in [0.05, 0.1) is 30.1 Å². The molecule has 0 radical (unpaired) electrons. The molecule has 192 valence electrons. The highest BCUT2D eigenvalue weighted by molar-refractivity contribution is 7.91. The van der Waals surface area contributed by atoms with Gasteiger partial charge in [-0.3, -0.25) is 0 Å². The molecule has 0 aromatic carbocycles. The lowest BCUT2D eigenvalue weighted by Crippen LogP contribution is -2.37. The summed E-state index contributed by atoms with van der Waals surface area (Å²) in [7, 11) is -3.92. The average molecular weight is 558 g/mol. The van der Waals surface area contributed by atoms with Crippen LogP contribution in [-0.2, 0) is 10.0 Å². The number of nitrogens with zero attached hydrogens (tertiary/aromatic N) is 3. The molecular formula is C22H31N5O4S4. The zero-order valence-electron chi connectivity index (χ0n) is 20.1. The van der Waals surface area contributed by atoms with Gasteiger partial charge in [0.15, 0.2) is 21.6 Å². The van der Waals surface area contributed by atoms with Crippen LogP contribution in [-0.4, -0.2) is 50.9 Å². The number of nitrogens with one attached hydrogen (secondary N) is 2. The van der Waals surface area contributed by atoms with Gasteiger partial charge in [-0.2, -0.15) is 13.1 Å². The Hall–Kier alpha value is -1.77. The first-order chi connectivity index (χ1) is 16.6. The van der Waals surface area contributed by atoms with Crippen LogP contribution < -0.4 is 10.6 Å². The van der Waals surface area contributed by atoms with E-state index in [1.54, 1.807) is 16.7 Å².